The van der Waals surface area contributed by atoms with Gasteiger partial charge in [0.15, 0.2) is 15.7 Å². The second kappa shape index (κ2) is 6.01. The van der Waals surface area contributed by atoms with Gasteiger partial charge in [0.05, 0.1) is 28.1 Å². The summed E-state index contributed by atoms with van der Waals surface area (Å²) in [6.07, 6.45) is 2.20. The number of para-hydroxylation sites is 1. The van der Waals surface area contributed by atoms with Gasteiger partial charge >= 0.3 is 0 Å². The van der Waals surface area contributed by atoms with Crippen molar-refractivity contribution < 1.29 is 17.6 Å². The fourth-order valence-electron chi connectivity index (χ4n) is 1.75. The average molecular weight is 308 g/mol. The topological polar surface area (TPSA) is 76.1 Å². The summed E-state index contributed by atoms with van der Waals surface area (Å²) in [6.45, 7) is 1.51. The first kappa shape index (κ1) is 15.1. The van der Waals surface area contributed by atoms with Crippen molar-refractivity contribution in [2.75, 3.05) is 11.1 Å². The van der Waals surface area contributed by atoms with E-state index in [4.69, 9.17) is 0 Å². The number of carbonyl (C=O) groups excluding carboxylic acids is 1. The third kappa shape index (κ3) is 3.25. The normalized spacial score (nSPS) is 11.1. The van der Waals surface area contributed by atoms with Crippen molar-refractivity contribution in [2.45, 2.75) is 11.8 Å². The number of halogens is 1. The summed E-state index contributed by atoms with van der Waals surface area (Å²) in [4.78, 5) is 15.6. The Morgan fingerprint density at radius 3 is 2.67 bits per heavy atom. The lowest BCUT2D eigenvalue weighted by atomic mass is 10.2. The van der Waals surface area contributed by atoms with Crippen molar-refractivity contribution in [3.63, 3.8) is 0 Å². The number of aromatic nitrogens is 1. The van der Waals surface area contributed by atoms with Gasteiger partial charge in [0.1, 0.15) is 0 Å². The zero-order valence-corrected chi connectivity index (χ0v) is 12.0. The molecular weight excluding hydrogens is 295 g/mol. The van der Waals surface area contributed by atoms with Gasteiger partial charge in [0, 0.05) is 6.20 Å². The van der Waals surface area contributed by atoms with Gasteiger partial charge in [-0.2, -0.15) is 0 Å². The molecule has 2 rings (SSSR count). The maximum absolute atomic E-state index is 13.5. The van der Waals surface area contributed by atoms with Crippen LogP contribution in [0.25, 0.3) is 0 Å². The lowest BCUT2D eigenvalue weighted by molar-refractivity contribution is 0.102. The average Bonchev–Trinajstić information content (AvgIpc) is 2.48. The molecule has 0 saturated heterocycles. The number of amides is 1. The van der Waals surface area contributed by atoms with Crippen LogP contribution in [0, 0.1) is 5.82 Å². The Morgan fingerprint density at radius 1 is 1.29 bits per heavy atom. The molecule has 0 radical (unpaired) electrons. The maximum atomic E-state index is 13.5. The first-order valence-corrected chi connectivity index (χ1v) is 7.83. The smallest absolute Gasteiger partial charge is 0.258 e. The number of nitrogens with zero attached hydrogens (tertiary/aromatic N) is 1. The highest BCUT2D eigenvalue weighted by Gasteiger charge is 2.19. The number of nitrogens with one attached hydrogen (secondary N) is 1. The van der Waals surface area contributed by atoms with Crippen LogP contribution in [0.4, 0.5) is 10.1 Å². The number of hydrogen-bond donors (Lipinski definition) is 1. The van der Waals surface area contributed by atoms with Gasteiger partial charge in [-0.05, 0) is 18.2 Å². The van der Waals surface area contributed by atoms with E-state index in [-0.39, 0.29) is 21.9 Å². The molecule has 0 spiro atoms. The van der Waals surface area contributed by atoms with Crippen molar-refractivity contribution in [2.24, 2.45) is 0 Å². The Hall–Kier alpha value is -2.28. The van der Waals surface area contributed by atoms with Crippen LogP contribution in [0.5, 0.6) is 0 Å². The van der Waals surface area contributed by atoms with Gasteiger partial charge in [-0.1, -0.05) is 19.1 Å². The molecule has 0 saturated carbocycles. The van der Waals surface area contributed by atoms with Crippen LogP contribution in [0.1, 0.15) is 17.3 Å². The zero-order valence-electron chi connectivity index (χ0n) is 11.2. The molecule has 0 atom stereocenters. The molecule has 0 fully saturated rings. The Bertz CT molecular complexity index is 775. The Morgan fingerprint density at radius 2 is 2.00 bits per heavy atom. The third-order valence-electron chi connectivity index (χ3n) is 2.87. The minimum atomic E-state index is -3.49. The standard InChI is InChI=1S/C14H13FN2O3S/c1-2-21(19,20)13-6-4-3-5-12(13)17-14(18)10-7-8-16-9-11(10)15/h3-9H,2H2,1H3,(H,17,18). The van der Waals surface area contributed by atoms with Crippen LogP contribution in [-0.2, 0) is 9.84 Å². The lowest BCUT2D eigenvalue weighted by Gasteiger charge is -2.11. The molecule has 5 nitrogen and oxygen atoms in total. The van der Waals surface area contributed by atoms with Crippen molar-refractivity contribution in [3.8, 4) is 0 Å². The quantitative estimate of drug-likeness (QED) is 0.940. The molecular formula is C14H13FN2O3S. The summed E-state index contributed by atoms with van der Waals surface area (Å²) < 4.78 is 37.4. The van der Waals surface area contributed by atoms with Crippen molar-refractivity contribution in [1.29, 1.82) is 0 Å². The van der Waals surface area contributed by atoms with Crippen LogP contribution in [0.15, 0.2) is 47.6 Å². The van der Waals surface area contributed by atoms with E-state index in [1.54, 1.807) is 12.1 Å². The number of hydrogen-bond acceptors (Lipinski definition) is 4. The summed E-state index contributed by atoms with van der Waals surface area (Å²) in [6, 6.07) is 7.23. The van der Waals surface area contributed by atoms with Gasteiger partial charge in [-0.25, -0.2) is 12.8 Å². The molecule has 1 N–H and O–H groups in total. The molecule has 0 unspecified atom stereocenters. The summed E-state index contributed by atoms with van der Waals surface area (Å²) in [5, 5.41) is 2.42. The Balaban J connectivity index is 2.38. The van der Waals surface area contributed by atoms with E-state index in [0.717, 1.165) is 6.20 Å². The van der Waals surface area contributed by atoms with Crippen LogP contribution in [-0.4, -0.2) is 25.1 Å². The molecule has 0 aliphatic heterocycles. The minimum Gasteiger partial charge on any atom is -0.321 e. The van der Waals surface area contributed by atoms with E-state index in [1.165, 1.54) is 31.3 Å². The van der Waals surface area contributed by atoms with Crippen LogP contribution < -0.4 is 5.32 Å². The Labute approximate surface area is 121 Å². The predicted octanol–water partition coefficient (Wildman–Crippen LogP) is 2.27. The molecule has 1 amide bonds. The number of rotatable bonds is 4. The van der Waals surface area contributed by atoms with Crippen LogP contribution in [0.2, 0.25) is 0 Å². The summed E-state index contributed by atoms with van der Waals surface area (Å²) in [5.74, 6) is -1.59. The number of anilines is 1. The van der Waals surface area contributed by atoms with Gasteiger partial charge in [0.2, 0.25) is 0 Å². The van der Waals surface area contributed by atoms with Gasteiger partial charge < -0.3 is 5.32 Å². The third-order valence-corrected chi connectivity index (χ3v) is 4.65. The highest BCUT2D eigenvalue weighted by Crippen LogP contribution is 2.22. The van der Waals surface area contributed by atoms with E-state index in [1.807, 2.05) is 0 Å². The van der Waals surface area contributed by atoms with Crippen molar-refractivity contribution >= 4 is 21.4 Å². The molecule has 0 bridgehead atoms. The van der Waals surface area contributed by atoms with E-state index in [9.17, 15) is 17.6 Å². The summed E-state index contributed by atoms with van der Waals surface area (Å²) in [5.41, 5.74) is -0.0748. The van der Waals surface area contributed by atoms with E-state index in [2.05, 4.69) is 10.3 Å². The van der Waals surface area contributed by atoms with E-state index >= 15 is 0 Å². The molecule has 110 valence electrons. The minimum absolute atomic E-state index is 0.00955. The highest BCUT2D eigenvalue weighted by molar-refractivity contribution is 7.91. The largest absolute Gasteiger partial charge is 0.321 e. The SMILES string of the molecule is CCS(=O)(=O)c1ccccc1NC(=O)c1ccncc1F. The number of sulfone groups is 1. The number of carbonyl (C=O) groups is 1. The van der Waals surface area contributed by atoms with Gasteiger partial charge in [0.25, 0.3) is 5.91 Å². The van der Waals surface area contributed by atoms with E-state index in [0.29, 0.717) is 0 Å². The molecule has 0 aliphatic rings. The zero-order chi connectivity index (χ0) is 15.5. The van der Waals surface area contributed by atoms with Crippen LogP contribution >= 0.6 is 0 Å². The molecule has 1 aromatic carbocycles. The Kier molecular flexibility index (Phi) is 4.32. The van der Waals surface area contributed by atoms with E-state index < -0.39 is 21.6 Å². The molecule has 21 heavy (non-hydrogen) atoms. The second-order valence-electron chi connectivity index (χ2n) is 4.21. The van der Waals surface area contributed by atoms with Gasteiger partial charge in [-0.3, -0.25) is 9.78 Å². The number of benzene rings is 1. The molecule has 7 heteroatoms. The highest BCUT2D eigenvalue weighted by atomic mass is 32.2. The maximum Gasteiger partial charge on any atom is 0.258 e. The van der Waals surface area contributed by atoms with Crippen molar-refractivity contribution in [1.82, 2.24) is 4.98 Å². The summed E-state index contributed by atoms with van der Waals surface area (Å²) >= 11 is 0. The van der Waals surface area contributed by atoms with Gasteiger partial charge in [-0.15, -0.1) is 0 Å². The fraction of sp³-hybridized carbons (Fsp3) is 0.143. The molecule has 1 heterocycles. The fourth-order valence-corrected chi connectivity index (χ4v) is 2.80. The summed E-state index contributed by atoms with van der Waals surface area (Å²) in [7, 11) is -3.49. The predicted molar refractivity (Wildman–Crippen MR) is 76.3 cm³/mol. The first-order chi connectivity index (χ1) is 9.95. The molecule has 0 aliphatic carbocycles. The second-order valence-corrected chi connectivity index (χ2v) is 6.46. The van der Waals surface area contributed by atoms with Crippen LogP contribution in [0.3, 0.4) is 0 Å². The molecule has 1 aromatic heterocycles. The molecule has 2 aromatic rings. The number of pyridine rings is 1. The van der Waals surface area contributed by atoms with Crippen molar-refractivity contribution in [3.05, 3.63) is 54.1 Å². The monoisotopic (exact) mass is 308 g/mol. The first-order valence-electron chi connectivity index (χ1n) is 6.18. The lowest BCUT2D eigenvalue weighted by Crippen LogP contribution is -2.16.